The summed E-state index contributed by atoms with van der Waals surface area (Å²) in [6.07, 6.45) is 1.03. The molecule has 3 rings (SSSR count). The van der Waals surface area contributed by atoms with Crippen molar-refractivity contribution in [1.82, 2.24) is 10.3 Å². The Morgan fingerprint density at radius 2 is 2.25 bits per heavy atom. The number of anilines is 1. The van der Waals surface area contributed by atoms with Gasteiger partial charge in [0.25, 0.3) is 0 Å². The van der Waals surface area contributed by atoms with Gasteiger partial charge in [0.1, 0.15) is 5.82 Å². The average molecular weight is 276 g/mol. The van der Waals surface area contributed by atoms with Gasteiger partial charge in [-0.2, -0.15) is 0 Å². The van der Waals surface area contributed by atoms with E-state index in [1.54, 1.807) is 0 Å². The van der Waals surface area contributed by atoms with E-state index in [2.05, 4.69) is 23.2 Å². The van der Waals surface area contributed by atoms with Crippen LogP contribution in [0, 0.1) is 0 Å². The predicted molar refractivity (Wildman–Crippen MR) is 80.1 cm³/mol. The van der Waals surface area contributed by atoms with Gasteiger partial charge in [0, 0.05) is 32.1 Å². The van der Waals surface area contributed by atoms with E-state index in [4.69, 9.17) is 15.5 Å². The van der Waals surface area contributed by atoms with Crippen LogP contribution in [0.25, 0.3) is 0 Å². The smallest absolute Gasteiger partial charge is 0.129 e. The molecule has 1 aromatic rings. The van der Waals surface area contributed by atoms with E-state index in [9.17, 15) is 0 Å². The van der Waals surface area contributed by atoms with Gasteiger partial charge in [0.15, 0.2) is 0 Å². The zero-order valence-corrected chi connectivity index (χ0v) is 12.2. The van der Waals surface area contributed by atoms with Crippen LogP contribution in [0.3, 0.4) is 0 Å². The average Bonchev–Trinajstić information content (AvgIpc) is 2.69. The maximum absolute atomic E-state index is 5.98. The second-order valence-corrected chi connectivity index (χ2v) is 5.66. The van der Waals surface area contributed by atoms with Gasteiger partial charge in [-0.05, 0) is 30.2 Å². The second kappa shape index (κ2) is 6.08. The van der Waals surface area contributed by atoms with Crippen LogP contribution in [0.1, 0.15) is 29.7 Å². The first kappa shape index (κ1) is 13.8. The summed E-state index contributed by atoms with van der Waals surface area (Å²) in [5.41, 5.74) is 9.83. The fourth-order valence-electron chi connectivity index (χ4n) is 3.09. The highest BCUT2D eigenvalue weighted by Crippen LogP contribution is 2.27. The Labute approximate surface area is 120 Å². The number of aromatic nitrogens is 1. The van der Waals surface area contributed by atoms with Gasteiger partial charge in [-0.1, -0.05) is 6.92 Å². The van der Waals surface area contributed by atoms with Crippen LogP contribution in [0.15, 0.2) is 6.07 Å². The number of hydrogen-bond donors (Lipinski definition) is 2. The lowest BCUT2D eigenvalue weighted by molar-refractivity contribution is 0.122. The van der Waals surface area contributed by atoms with Crippen LogP contribution in [0.2, 0.25) is 0 Å². The van der Waals surface area contributed by atoms with E-state index in [0.717, 1.165) is 51.6 Å². The Hall–Kier alpha value is -1.17. The second-order valence-electron chi connectivity index (χ2n) is 5.66. The van der Waals surface area contributed by atoms with Gasteiger partial charge >= 0.3 is 0 Å². The topological polar surface area (TPSA) is 63.4 Å². The minimum absolute atomic E-state index is 0.443. The van der Waals surface area contributed by atoms with Gasteiger partial charge in [0.2, 0.25) is 0 Å². The number of rotatable bonds is 2. The van der Waals surface area contributed by atoms with E-state index < -0.39 is 0 Å². The van der Waals surface area contributed by atoms with Crippen LogP contribution in [0.4, 0.5) is 5.82 Å². The summed E-state index contributed by atoms with van der Waals surface area (Å²) >= 11 is 0. The van der Waals surface area contributed by atoms with E-state index >= 15 is 0 Å². The number of morpholine rings is 1. The summed E-state index contributed by atoms with van der Waals surface area (Å²) in [6, 6.07) is 2.18. The van der Waals surface area contributed by atoms with Gasteiger partial charge in [-0.3, -0.25) is 0 Å². The Balaban J connectivity index is 2.00. The van der Waals surface area contributed by atoms with Gasteiger partial charge in [-0.15, -0.1) is 0 Å². The molecule has 0 amide bonds. The molecule has 1 unspecified atom stereocenters. The molecule has 5 nitrogen and oxygen atoms in total. The van der Waals surface area contributed by atoms with E-state index in [1.165, 1.54) is 16.8 Å². The molecule has 3 heterocycles. The number of nitrogens with one attached hydrogen (secondary N) is 1. The summed E-state index contributed by atoms with van der Waals surface area (Å²) in [5.74, 6) is 1.51. The monoisotopic (exact) mass is 276 g/mol. The summed E-state index contributed by atoms with van der Waals surface area (Å²) in [4.78, 5) is 7.27. The van der Waals surface area contributed by atoms with Crippen molar-refractivity contribution in [1.29, 1.82) is 0 Å². The molecule has 5 heteroatoms. The molecule has 2 aliphatic heterocycles. The van der Waals surface area contributed by atoms with Gasteiger partial charge < -0.3 is 20.7 Å². The van der Waals surface area contributed by atoms with Crippen LogP contribution >= 0.6 is 0 Å². The molecule has 1 fully saturated rings. The van der Waals surface area contributed by atoms with Gasteiger partial charge in [0.05, 0.1) is 18.9 Å². The third-order valence-electron chi connectivity index (χ3n) is 4.26. The van der Waals surface area contributed by atoms with Crippen LogP contribution < -0.4 is 16.0 Å². The molecular formula is C15H24N4O. The molecule has 20 heavy (non-hydrogen) atoms. The van der Waals surface area contributed by atoms with Crippen molar-refractivity contribution in [3.63, 3.8) is 0 Å². The molecule has 0 aromatic carbocycles. The summed E-state index contributed by atoms with van der Waals surface area (Å²) in [5, 5.41) is 3.48. The molecule has 2 aliphatic rings. The van der Waals surface area contributed by atoms with Crippen LogP contribution in [-0.4, -0.2) is 44.4 Å². The lowest BCUT2D eigenvalue weighted by Crippen LogP contribution is -2.37. The number of hydrogen-bond acceptors (Lipinski definition) is 5. The Kier molecular flexibility index (Phi) is 4.19. The summed E-state index contributed by atoms with van der Waals surface area (Å²) in [7, 11) is 0. The van der Waals surface area contributed by atoms with Crippen LogP contribution in [-0.2, 0) is 17.7 Å². The molecule has 0 aliphatic carbocycles. The zero-order chi connectivity index (χ0) is 13.9. The first-order chi connectivity index (χ1) is 9.79. The van der Waals surface area contributed by atoms with Crippen molar-refractivity contribution in [3.8, 4) is 0 Å². The highest BCUT2D eigenvalue weighted by Gasteiger charge is 2.22. The number of fused-ring (bicyclic) bond motifs is 1. The van der Waals surface area contributed by atoms with Crippen molar-refractivity contribution in [2.75, 3.05) is 44.3 Å². The minimum Gasteiger partial charge on any atom is -0.378 e. The normalized spacial score (nSPS) is 23.3. The summed E-state index contributed by atoms with van der Waals surface area (Å²) in [6.45, 7) is 8.26. The van der Waals surface area contributed by atoms with Crippen molar-refractivity contribution in [3.05, 3.63) is 22.9 Å². The highest BCUT2D eigenvalue weighted by atomic mass is 16.5. The molecular weight excluding hydrogens is 252 g/mol. The van der Waals surface area contributed by atoms with E-state index in [-0.39, 0.29) is 0 Å². The standard InChI is InChI=1S/C15H24N4O/c1-11-10-17-3-2-13-12(9-16)8-14(18-15(11)13)19-4-6-20-7-5-19/h8,11,17H,2-7,9-10,16H2,1H3. The Morgan fingerprint density at radius 3 is 3.00 bits per heavy atom. The van der Waals surface area contributed by atoms with Crippen LogP contribution in [0.5, 0.6) is 0 Å². The molecule has 0 radical (unpaired) electrons. The number of nitrogens with two attached hydrogens (primary N) is 1. The maximum atomic E-state index is 5.98. The van der Waals surface area contributed by atoms with Gasteiger partial charge in [-0.25, -0.2) is 4.98 Å². The third-order valence-corrected chi connectivity index (χ3v) is 4.26. The van der Waals surface area contributed by atoms with E-state index in [1.807, 2.05) is 0 Å². The highest BCUT2D eigenvalue weighted by molar-refractivity contribution is 5.48. The van der Waals surface area contributed by atoms with Crippen molar-refractivity contribution in [2.45, 2.75) is 25.8 Å². The van der Waals surface area contributed by atoms with E-state index in [0.29, 0.717) is 12.5 Å². The van der Waals surface area contributed by atoms with Crippen molar-refractivity contribution >= 4 is 5.82 Å². The molecule has 0 spiro atoms. The Bertz CT molecular complexity index is 471. The Morgan fingerprint density at radius 1 is 1.45 bits per heavy atom. The SMILES string of the molecule is CC1CNCCc2c(CN)cc(N3CCOCC3)nc21. The zero-order valence-electron chi connectivity index (χ0n) is 12.2. The maximum Gasteiger partial charge on any atom is 0.129 e. The van der Waals surface area contributed by atoms with Crippen molar-refractivity contribution < 1.29 is 4.74 Å². The number of nitrogens with zero attached hydrogens (tertiary/aromatic N) is 2. The first-order valence-electron chi connectivity index (χ1n) is 7.55. The van der Waals surface area contributed by atoms with Crippen molar-refractivity contribution in [2.24, 2.45) is 5.73 Å². The molecule has 0 saturated carbocycles. The molecule has 1 atom stereocenters. The first-order valence-corrected chi connectivity index (χ1v) is 7.55. The quantitative estimate of drug-likeness (QED) is 0.829. The molecule has 1 aromatic heterocycles. The fraction of sp³-hybridized carbons (Fsp3) is 0.667. The fourth-order valence-corrected chi connectivity index (χ4v) is 3.09. The molecule has 1 saturated heterocycles. The lowest BCUT2D eigenvalue weighted by atomic mass is 9.96. The largest absolute Gasteiger partial charge is 0.378 e. The summed E-state index contributed by atoms with van der Waals surface area (Å²) < 4.78 is 5.43. The lowest BCUT2D eigenvalue weighted by Gasteiger charge is -2.29. The molecule has 110 valence electrons. The minimum atomic E-state index is 0.443. The number of ether oxygens (including phenoxy) is 1. The molecule has 0 bridgehead atoms. The molecule has 3 N–H and O–H groups in total. The number of pyridine rings is 1. The predicted octanol–water partition coefficient (Wildman–Crippen LogP) is 0.626. The third kappa shape index (κ3) is 2.66.